The second-order valence-electron chi connectivity index (χ2n) is 3.11. The Bertz CT molecular complexity index is 480. The second kappa shape index (κ2) is 3.66. The van der Waals surface area contributed by atoms with Gasteiger partial charge in [0, 0.05) is 5.39 Å². The summed E-state index contributed by atoms with van der Waals surface area (Å²) in [5.41, 5.74) is 13.1. The van der Waals surface area contributed by atoms with Crippen LogP contribution in [0.25, 0.3) is 10.9 Å². The van der Waals surface area contributed by atoms with E-state index in [1.54, 1.807) is 18.3 Å². The number of anilines is 2. The first-order valence-corrected chi connectivity index (χ1v) is 4.49. The molecular formula is C9H12N4O2. The first kappa shape index (κ1) is 9.60. The van der Waals surface area contributed by atoms with E-state index >= 15 is 0 Å². The Kier molecular flexibility index (Phi) is 2.34. The number of rotatable bonds is 3. The molecule has 0 bridgehead atoms. The van der Waals surface area contributed by atoms with Crippen LogP contribution in [-0.2, 0) is 0 Å². The first-order valence-electron chi connectivity index (χ1n) is 4.49. The van der Waals surface area contributed by atoms with E-state index in [0.717, 1.165) is 10.9 Å². The van der Waals surface area contributed by atoms with Crippen LogP contribution >= 0.6 is 0 Å². The van der Waals surface area contributed by atoms with Gasteiger partial charge in [-0.25, -0.2) is 0 Å². The van der Waals surface area contributed by atoms with E-state index < -0.39 is 0 Å². The molecule has 0 saturated heterocycles. The van der Waals surface area contributed by atoms with Crippen LogP contribution < -0.4 is 16.3 Å². The Labute approximate surface area is 86.0 Å². The van der Waals surface area contributed by atoms with Gasteiger partial charge in [0.2, 0.25) is 0 Å². The van der Waals surface area contributed by atoms with E-state index in [2.05, 4.69) is 5.10 Å². The molecule has 0 aliphatic carbocycles. The molecule has 0 spiro atoms. The Hall–Kier alpha value is -1.95. The van der Waals surface area contributed by atoms with Crippen molar-refractivity contribution in [2.45, 2.75) is 0 Å². The molecule has 0 fully saturated rings. The number of benzene rings is 1. The minimum atomic E-state index is -0.0637. The summed E-state index contributed by atoms with van der Waals surface area (Å²) < 4.78 is 0. The lowest BCUT2D eigenvalue weighted by atomic mass is 10.2. The summed E-state index contributed by atoms with van der Waals surface area (Å²) in [4.78, 5) is 6.48. The lowest BCUT2D eigenvalue weighted by Crippen LogP contribution is -2.16. The highest BCUT2D eigenvalue weighted by Gasteiger charge is 2.06. The molecule has 0 atom stereocenters. The molecule has 0 aliphatic rings. The van der Waals surface area contributed by atoms with Crippen LogP contribution in [-0.4, -0.2) is 28.3 Å². The predicted octanol–water partition coefficient (Wildman–Crippen LogP) is -0.378. The lowest BCUT2D eigenvalue weighted by molar-refractivity contribution is 0.0616. The lowest BCUT2D eigenvalue weighted by Gasteiger charge is -2.05. The van der Waals surface area contributed by atoms with Crippen molar-refractivity contribution in [1.82, 2.24) is 9.94 Å². The highest BCUT2D eigenvalue weighted by molar-refractivity contribution is 5.87. The van der Waals surface area contributed by atoms with Crippen LogP contribution in [0.15, 0.2) is 18.3 Å². The van der Waals surface area contributed by atoms with Crippen LogP contribution in [0.1, 0.15) is 0 Å². The van der Waals surface area contributed by atoms with Crippen molar-refractivity contribution in [3.63, 3.8) is 0 Å². The Balaban J connectivity index is 2.45. The molecule has 6 heteroatoms. The molecule has 1 aromatic heterocycles. The van der Waals surface area contributed by atoms with Gasteiger partial charge in [0.15, 0.2) is 0 Å². The summed E-state index contributed by atoms with van der Waals surface area (Å²) in [6.45, 7) is 0.118. The molecule has 80 valence electrons. The number of aliphatic hydroxyl groups is 1. The molecule has 5 N–H and O–H groups in total. The van der Waals surface area contributed by atoms with Gasteiger partial charge in [0.25, 0.3) is 0 Å². The largest absolute Gasteiger partial charge is 0.397 e. The molecule has 1 heterocycles. The number of hydrogen-bond acceptors (Lipinski definition) is 5. The molecule has 0 amide bonds. The minimum Gasteiger partial charge on any atom is -0.397 e. The fraction of sp³-hybridized carbons (Fsp3) is 0.222. The van der Waals surface area contributed by atoms with Crippen molar-refractivity contribution in [3.8, 4) is 0 Å². The van der Waals surface area contributed by atoms with Gasteiger partial charge in [-0.1, -0.05) is 4.85 Å². The molecule has 6 nitrogen and oxygen atoms in total. The first-order chi connectivity index (χ1) is 7.22. The van der Waals surface area contributed by atoms with E-state index in [1.807, 2.05) is 0 Å². The Morgan fingerprint density at radius 1 is 1.33 bits per heavy atom. The quantitative estimate of drug-likeness (QED) is 0.597. The molecule has 0 saturated carbocycles. The van der Waals surface area contributed by atoms with Crippen LogP contribution in [0.4, 0.5) is 11.4 Å². The SMILES string of the molecule is Nc1cc2cnn(OCCO)c2cc1N. The van der Waals surface area contributed by atoms with Gasteiger partial charge in [0.1, 0.15) is 12.1 Å². The smallest absolute Gasteiger partial charge is 0.140 e. The number of nitrogens with zero attached hydrogens (tertiary/aromatic N) is 2. The molecule has 0 aliphatic heterocycles. The van der Waals surface area contributed by atoms with E-state index in [9.17, 15) is 0 Å². The van der Waals surface area contributed by atoms with Crippen LogP contribution in [0.2, 0.25) is 0 Å². The maximum atomic E-state index is 8.63. The molecular weight excluding hydrogens is 196 g/mol. The summed E-state index contributed by atoms with van der Waals surface area (Å²) in [5, 5.41) is 13.5. The maximum Gasteiger partial charge on any atom is 0.140 e. The highest BCUT2D eigenvalue weighted by atomic mass is 16.7. The van der Waals surface area contributed by atoms with Gasteiger partial charge >= 0.3 is 0 Å². The maximum absolute atomic E-state index is 8.63. The molecule has 2 aromatic rings. The standard InChI is InChI=1S/C9H12N4O2/c10-7-3-6-5-12-13(15-2-1-14)9(6)4-8(7)11/h3-5,14H,1-2,10-11H2. The molecule has 2 rings (SSSR count). The zero-order valence-electron chi connectivity index (χ0n) is 8.05. The fourth-order valence-electron chi connectivity index (χ4n) is 1.31. The van der Waals surface area contributed by atoms with Gasteiger partial charge in [0.05, 0.1) is 24.2 Å². The summed E-state index contributed by atoms with van der Waals surface area (Å²) in [5.74, 6) is 0. The molecule has 1 aromatic carbocycles. The number of nitrogen functional groups attached to an aromatic ring is 2. The van der Waals surface area contributed by atoms with Gasteiger partial charge in [-0.3, -0.25) is 0 Å². The van der Waals surface area contributed by atoms with E-state index in [0.29, 0.717) is 11.4 Å². The summed E-state index contributed by atoms with van der Waals surface area (Å²) >= 11 is 0. The topological polar surface area (TPSA) is 99.3 Å². The van der Waals surface area contributed by atoms with Crippen molar-refractivity contribution in [2.75, 3.05) is 24.7 Å². The third-order valence-corrected chi connectivity index (χ3v) is 2.04. The van der Waals surface area contributed by atoms with Crippen LogP contribution in [0.3, 0.4) is 0 Å². The number of fused-ring (bicyclic) bond motifs is 1. The highest BCUT2D eigenvalue weighted by Crippen LogP contribution is 2.22. The van der Waals surface area contributed by atoms with Crippen molar-refractivity contribution >= 4 is 22.3 Å². The van der Waals surface area contributed by atoms with Crippen molar-refractivity contribution < 1.29 is 9.94 Å². The van der Waals surface area contributed by atoms with E-state index in [4.69, 9.17) is 21.4 Å². The molecule has 0 unspecified atom stereocenters. The van der Waals surface area contributed by atoms with E-state index in [1.165, 1.54) is 4.85 Å². The molecule has 0 radical (unpaired) electrons. The van der Waals surface area contributed by atoms with Gasteiger partial charge in [-0.15, -0.1) is 5.10 Å². The summed E-state index contributed by atoms with van der Waals surface area (Å²) in [6.07, 6.45) is 1.63. The molecule has 15 heavy (non-hydrogen) atoms. The van der Waals surface area contributed by atoms with Gasteiger partial charge in [-0.2, -0.15) is 0 Å². The normalized spacial score (nSPS) is 10.7. The third kappa shape index (κ3) is 1.66. The number of aromatic nitrogens is 2. The second-order valence-corrected chi connectivity index (χ2v) is 3.11. The summed E-state index contributed by atoms with van der Waals surface area (Å²) in [6, 6.07) is 3.42. The average Bonchev–Trinajstić information content (AvgIpc) is 2.59. The monoisotopic (exact) mass is 208 g/mol. The van der Waals surface area contributed by atoms with Crippen molar-refractivity contribution in [3.05, 3.63) is 18.3 Å². The van der Waals surface area contributed by atoms with Crippen molar-refractivity contribution in [2.24, 2.45) is 0 Å². The minimum absolute atomic E-state index is 0.0637. The third-order valence-electron chi connectivity index (χ3n) is 2.04. The number of nitrogens with two attached hydrogens (primary N) is 2. The van der Waals surface area contributed by atoms with Gasteiger partial charge < -0.3 is 21.4 Å². The fourth-order valence-corrected chi connectivity index (χ4v) is 1.31. The van der Waals surface area contributed by atoms with Crippen LogP contribution in [0, 0.1) is 0 Å². The van der Waals surface area contributed by atoms with E-state index in [-0.39, 0.29) is 13.2 Å². The predicted molar refractivity (Wildman–Crippen MR) is 57.1 cm³/mol. The number of hydrogen-bond donors (Lipinski definition) is 3. The Morgan fingerprint density at radius 2 is 2.07 bits per heavy atom. The zero-order chi connectivity index (χ0) is 10.8. The van der Waals surface area contributed by atoms with Crippen LogP contribution in [0.5, 0.6) is 0 Å². The average molecular weight is 208 g/mol. The Morgan fingerprint density at radius 3 is 2.80 bits per heavy atom. The van der Waals surface area contributed by atoms with Crippen molar-refractivity contribution in [1.29, 1.82) is 0 Å². The number of aliphatic hydroxyl groups excluding tert-OH is 1. The zero-order valence-corrected chi connectivity index (χ0v) is 8.05. The van der Waals surface area contributed by atoms with Gasteiger partial charge in [-0.05, 0) is 12.1 Å². The summed E-state index contributed by atoms with van der Waals surface area (Å²) in [7, 11) is 0.